The third-order valence-corrected chi connectivity index (χ3v) is 2.88. The van der Waals surface area contributed by atoms with Crippen molar-refractivity contribution in [3.8, 4) is 0 Å². The predicted octanol–water partition coefficient (Wildman–Crippen LogP) is 3.44. The Bertz CT molecular complexity index is 153. The van der Waals surface area contributed by atoms with Gasteiger partial charge in [0.25, 0.3) is 0 Å². The molecular formula is C12H22FeO2. The summed E-state index contributed by atoms with van der Waals surface area (Å²) in [6.07, 6.45) is 12.3. The Morgan fingerprint density at radius 1 is 0.933 bits per heavy atom. The van der Waals surface area contributed by atoms with Gasteiger partial charge in [-0.1, -0.05) is 32.1 Å². The van der Waals surface area contributed by atoms with Crippen LogP contribution in [-0.2, 0) is 26.6 Å². The Labute approximate surface area is 104 Å². The number of hydrogen-bond donors (Lipinski definition) is 0. The molecule has 0 atom stereocenters. The molecule has 0 aromatic rings. The van der Waals surface area contributed by atoms with E-state index in [1.54, 1.807) is 0 Å². The van der Waals surface area contributed by atoms with E-state index in [9.17, 15) is 4.79 Å². The van der Waals surface area contributed by atoms with Crippen LogP contribution in [0.1, 0.15) is 64.7 Å². The van der Waals surface area contributed by atoms with E-state index in [4.69, 9.17) is 4.74 Å². The third kappa shape index (κ3) is 7.87. The molecule has 0 aromatic carbocycles. The molecule has 0 radical (unpaired) electrons. The summed E-state index contributed by atoms with van der Waals surface area (Å²) >= 11 is 0. The molecule has 2 aliphatic rings. The summed E-state index contributed by atoms with van der Waals surface area (Å²) in [5.41, 5.74) is 0. The minimum absolute atomic E-state index is 0. The number of ether oxygens (including phenoxy) is 1. The monoisotopic (exact) mass is 254 g/mol. The molecule has 0 spiro atoms. The van der Waals surface area contributed by atoms with Crippen LogP contribution in [0.15, 0.2) is 0 Å². The van der Waals surface area contributed by atoms with Crippen molar-refractivity contribution in [3.63, 3.8) is 0 Å². The van der Waals surface area contributed by atoms with Crippen LogP contribution in [0.25, 0.3) is 0 Å². The quantitative estimate of drug-likeness (QED) is 0.529. The second-order valence-electron chi connectivity index (χ2n) is 4.28. The summed E-state index contributed by atoms with van der Waals surface area (Å²) in [7, 11) is 0. The average molecular weight is 254 g/mol. The summed E-state index contributed by atoms with van der Waals surface area (Å²) in [4.78, 5) is 10.4. The fourth-order valence-electron chi connectivity index (χ4n) is 2.12. The summed E-state index contributed by atoms with van der Waals surface area (Å²) in [5.74, 6) is -0.137. The van der Waals surface area contributed by atoms with Crippen LogP contribution in [0.4, 0.5) is 0 Å². The van der Waals surface area contributed by atoms with Crippen LogP contribution in [-0.4, -0.2) is 12.1 Å². The maximum Gasteiger partial charge on any atom is 0.302 e. The minimum Gasteiger partial charge on any atom is -0.463 e. The van der Waals surface area contributed by atoms with E-state index < -0.39 is 0 Å². The van der Waals surface area contributed by atoms with Gasteiger partial charge in [-0.25, -0.2) is 0 Å². The molecule has 0 aliphatic heterocycles. The van der Waals surface area contributed by atoms with Gasteiger partial charge in [0.15, 0.2) is 0 Å². The SMILES string of the molecule is C1CCCC1.CC(=O)OC1CCCC1.[Fe]. The van der Waals surface area contributed by atoms with Crippen molar-refractivity contribution < 1.29 is 26.6 Å². The van der Waals surface area contributed by atoms with Crippen LogP contribution in [0.5, 0.6) is 0 Å². The first-order chi connectivity index (χ1) is 6.79. The molecular weight excluding hydrogens is 232 g/mol. The van der Waals surface area contributed by atoms with Crippen molar-refractivity contribution in [1.29, 1.82) is 0 Å². The van der Waals surface area contributed by atoms with E-state index >= 15 is 0 Å². The zero-order valence-corrected chi connectivity index (χ0v) is 10.7. The van der Waals surface area contributed by atoms with Crippen molar-refractivity contribution >= 4 is 5.97 Å². The number of hydrogen-bond acceptors (Lipinski definition) is 2. The van der Waals surface area contributed by atoms with Gasteiger partial charge in [0.05, 0.1) is 0 Å². The third-order valence-electron chi connectivity index (χ3n) is 2.88. The Morgan fingerprint density at radius 3 is 1.67 bits per heavy atom. The van der Waals surface area contributed by atoms with E-state index in [2.05, 4.69) is 0 Å². The van der Waals surface area contributed by atoms with Crippen LogP contribution in [0.2, 0.25) is 0 Å². The molecule has 0 N–H and O–H groups in total. The van der Waals surface area contributed by atoms with Crippen LogP contribution in [0, 0.1) is 0 Å². The molecule has 0 heterocycles. The number of carbonyl (C=O) groups excluding carboxylic acids is 1. The van der Waals surface area contributed by atoms with Crippen molar-refractivity contribution in [2.75, 3.05) is 0 Å². The minimum atomic E-state index is -0.137. The van der Waals surface area contributed by atoms with Crippen molar-refractivity contribution in [3.05, 3.63) is 0 Å². The summed E-state index contributed by atoms with van der Waals surface area (Å²) in [6.45, 7) is 1.47. The number of rotatable bonds is 1. The molecule has 0 bridgehead atoms. The molecule has 0 aromatic heterocycles. The smallest absolute Gasteiger partial charge is 0.302 e. The van der Waals surface area contributed by atoms with E-state index in [-0.39, 0.29) is 29.1 Å². The van der Waals surface area contributed by atoms with E-state index in [0.717, 1.165) is 12.8 Å². The van der Waals surface area contributed by atoms with Gasteiger partial charge in [-0.15, -0.1) is 0 Å². The molecule has 15 heavy (non-hydrogen) atoms. The first-order valence-corrected chi connectivity index (χ1v) is 5.96. The normalized spacial score (nSPS) is 20.1. The summed E-state index contributed by atoms with van der Waals surface area (Å²) < 4.78 is 4.97. The van der Waals surface area contributed by atoms with Crippen LogP contribution >= 0.6 is 0 Å². The molecule has 3 heteroatoms. The van der Waals surface area contributed by atoms with Crippen LogP contribution in [0.3, 0.4) is 0 Å². The molecule has 2 fully saturated rings. The molecule has 2 aliphatic carbocycles. The van der Waals surface area contributed by atoms with Crippen molar-refractivity contribution in [1.82, 2.24) is 0 Å². The fourth-order valence-corrected chi connectivity index (χ4v) is 2.12. The Kier molecular flexibility index (Phi) is 9.23. The standard InChI is InChI=1S/C7H12O2.C5H10.Fe/c1-6(8)9-7-4-2-3-5-7;1-2-4-5-3-1;/h7H,2-5H2,1H3;1-5H2;. The summed E-state index contributed by atoms with van der Waals surface area (Å²) in [5, 5.41) is 0. The van der Waals surface area contributed by atoms with Crippen LogP contribution < -0.4 is 0 Å². The average Bonchev–Trinajstić information content (AvgIpc) is 2.75. The second-order valence-corrected chi connectivity index (χ2v) is 4.28. The molecule has 0 amide bonds. The number of carbonyl (C=O) groups is 1. The maximum absolute atomic E-state index is 10.4. The first kappa shape index (κ1) is 15.0. The van der Waals surface area contributed by atoms with Gasteiger partial charge in [0.1, 0.15) is 6.10 Å². The van der Waals surface area contributed by atoms with Gasteiger partial charge in [-0.05, 0) is 25.7 Å². The number of esters is 1. The molecule has 2 nitrogen and oxygen atoms in total. The van der Waals surface area contributed by atoms with Crippen molar-refractivity contribution in [2.45, 2.75) is 70.8 Å². The molecule has 90 valence electrons. The largest absolute Gasteiger partial charge is 0.463 e. The van der Waals surface area contributed by atoms with Gasteiger partial charge < -0.3 is 4.74 Å². The zero-order valence-electron chi connectivity index (χ0n) is 9.61. The molecule has 2 rings (SSSR count). The first-order valence-electron chi connectivity index (χ1n) is 5.96. The Morgan fingerprint density at radius 2 is 1.33 bits per heavy atom. The molecule has 2 saturated carbocycles. The van der Waals surface area contributed by atoms with Crippen molar-refractivity contribution in [2.24, 2.45) is 0 Å². The Balaban J connectivity index is 0.000000280. The second kappa shape index (κ2) is 9.23. The van der Waals surface area contributed by atoms with Gasteiger partial charge in [-0.3, -0.25) is 4.79 Å². The van der Waals surface area contributed by atoms with Gasteiger partial charge in [0, 0.05) is 24.0 Å². The van der Waals surface area contributed by atoms with Gasteiger partial charge in [0.2, 0.25) is 0 Å². The van der Waals surface area contributed by atoms with E-state index in [1.807, 2.05) is 0 Å². The van der Waals surface area contributed by atoms with Gasteiger partial charge in [-0.2, -0.15) is 0 Å². The topological polar surface area (TPSA) is 26.3 Å². The predicted molar refractivity (Wildman–Crippen MR) is 57.1 cm³/mol. The zero-order chi connectivity index (χ0) is 10.2. The Hall–Kier alpha value is -0.0105. The maximum atomic E-state index is 10.4. The van der Waals surface area contributed by atoms with E-state index in [0.29, 0.717) is 0 Å². The van der Waals surface area contributed by atoms with E-state index in [1.165, 1.54) is 51.9 Å². The fraction of sp³-hybridized carbons (Fsp3) is 0.917. The van der Waals surface area contributed by atoms with Gasteiger partial charge >= 0.3 is 5.97 Å². The molecule has 0 saturated heterocycles. The molecule has 0 unspecified atom stereocenters. The summed E-state index contributed by atoms with van der Waals surface area (Å²) in [6, 6.07) is 0.